The third-order valence-electron chi connectivity index (χ3n) is 4.78. The number of nitrogens with two attached hydrogens (primary N) is 1. The van der Waals surface area contributed by atoms with Crippen molar-refractivity contribution < 1.29 is 27.6 Å². The molecule has 164 valence electrons. The first-order chi connectivity index (χ1) is 14.8. The van der Waals surface area contributed by atoms with E-state index in [-0.39, 0.29) is 32.0 Å². The van der Waals surface area contributed by atoms with Crippen molar-refractivity contribution >= 4 is 43.8 Å². The lowest BCUT2D eigenvalue weighted by Gasteiger charge is -2.10. The van der Waals surface area contributed by atoms with Gasteiger partial charge in [0.2, 0.25) is 0 Å². The van der Waals surface area contributed by atoms with Crippen LogP contribution in [0.3, 0.4) is 0 Å². The third-order valence-corrected chi connectivity index (χ3v) is 7.99. The molecule has 2 aliphatic rings. The summed E-state index contributed by atoms with van der Waals surface area (Å²) in [5.74, 6) is -1.27. The molecule has 2 heterocycles. The molecule has 1 aliphatic heterocycles. The second kappa shape index (κ2) is 8.73. The van der Waals surface area contributed by atoms with Gasteiger partial charge < -0.3 is 15.3 Å². The number of hydrogen-bond donors (Lipinski definition) is 2. The number of carbonyl (C=O) groups excluding carboxylic acids is 2. The number of thiazole rings is 1. The fraction of sp³-hybridized carbons (Fsp3) is 0.368. The number of nitrogens with zero attached hydrogens (tertiary/aromatic N) is 2. The van der Waals surface area contributed by atoms with Crippen molar-refractivity contribution in [1.82, 2.24) is 4.98 Å². The number of anilines is 1. The Morgan fingerprint density at radius 2 is 1.97 bits per heavy atom. The summed E-state index contributed by atoms with van der Waals surface area (Å²) < 4.78 is 30.1. The summed E-state index contributed by atoms with van der Waals surface area (Å²) in [5, 5.41) is 6.42. The molecule has 1 aromatic heterocycles. The van der Waals surface area contributed by atoms with Crippen molar-refractivity contribution in [3.8, 4) is 0 Å². The average molecular weight is 465 g/mol. The van der Waals surface area contributed by atoms with Crippen LogP contribution in [0.25, 0.3) is 0 Å². The number of primary amides is 1. The van der Waals surface area contributed by atoms with Gasteiger partial charge in [-0.2, -0.15) is 0 Å². The van der Waals surface area contributed by atoms with Crippen molar-refractivity contribution in [2.75, 3.05) is 18.5 Å². The largest absolute Gasteiger partial charge is 0.389 e. The first-order valence-corrected chi connectivity index (χ1v) is 11.9. The van der Waals surface area contributed by atoms with Gasteiger partial charge in [0.1, 0.15) is 4.88 Å². The molecule has 0 unspecified atom stereocenters. The number of carbonyl (C=O) groups is 2. The quantitative estimate of drug-likeness (QED) is 0.442. The van der Waals surface area contributed by atoms with Gasteiger partial charge in [0.15, 0.2) is 26.8 Å². The minimum absolute atomic E-state index is 0.0573. The van der Waals surface area contributed by atoms with E-state index in [1.807, 2.05) is 0 Å². The smallest absolute Gasteiger partial charge is 0.280 e. The van der Waals surface area contributed by atoms with Crippen molar-refractivity contribution in [3.05, 3.63) is 40.9 Å². The number of sulfone groups is 1. The highest BCUT2D eigenvalue weighted by atomic mass is 32.2. The number of amides is 2. The molecule has 2 amide bonds. The molecule has 3 N–H and O–H groups in total. The number of hydrogen-bond acceptors (Lipinski definition) is 9. The summed E-state index contributed by atoms with van der Waals surface area (Å²) in [6.45, 7) is 0.913. The van der Waals surface area contributed by atoms with Gasteiger partial charge in [0.05, 0.1) is 29.6 Å². The minimum Gasteiger partial charge on any atom is -0.389 e. The second-order valence-corrected chi connectivity index (χ2v) is 10.4. The predicted octanol–water partition coefficient (Wildman–Crippen LogP) is 1.33. The van der Waals surface area contributed by atoms with Gasteiger partial charge >= 0.3 is 0 Å². The normalized spacial score (nSPS) is 19.2. The van der Waals surface area contributed by atoms with Gasteiger partial charge in [-0.3, -0.25) is 14.9 Å². The van der Waals surface area contributed by atoms with E-state index in [2.05, 4.69) is 15.5 Å². The van der Waals surface area contributed by atoms with E-state index in [4.69, 9.17) is 15.3 Å². The zero-order valence-electron chi connectivity index (χ0n) is 16.3. The summed E-state index contributed by atoms with van der Waals surface area (Å²) in [6, 6.07) is 5.94. The van der Waals surface area contributed by atoms with E-state index in [1.165, 1.54) is 30.5 Å². The minimum atomic E-state index is -3.35. The second-order valence-electron chi connectivity index (χ2n) is 7.15. The maximum absolute atomic E-state index is 12.9. The Kier molecular flexibility index (Phi) is 6.03. The van der Waals surface area contributed by atoms with Gasteiger partial charge in [-0.25, -0.2) is 13.4 Å². The maximum atomic E-state index is 12.9. The van der Waals surface area contributed by atoms with Crippen LogP contribution >= 0.6 is 11.3 Å². The number of oxime groups is 1. The molecule has 1 saturated carbocycles. The lowest BCUT2D eigenvalue weighted by Crippen LogP contribution is -2.25. The van der Waals surface area contributed by atoms with Crippen LogP contribution in [0.4, 0.5) is 5.13 Å². The average Bonchev–Trinajstić information content (AvgIpc) is 3.29. The number of nitrogens with one attached hydrogen (secondary N) is 1. The Balaban J connectivity index is 1.57. The van der Waals surface area contributed by atoms with Gasteiger partial charge in [0.25, 0.3) is 11.8 Å². The SMILES string of the molecule is NC(=O)c1cnc(NC(=O)/C(=N/O[C@@H]2CCOC2)c2ccc(S(=O)(=O)C3CC3)cc2)s1. The Morgan fingerprint density at radius 3 is 2.55 bits per heavy atom. The number of benzene rings is 1. The van der Waals surface area contributed by atoms with E-state index in [0.29, 0.717) is 38.0 Å². The molecule has 1 aromatic carbocycles. The maximum Gasteiger partial charge on any atom is 0.280 e. The Labute approximate surface area is 182 Å². The van der Waals surface area contributed by atoms with Crippen LogP contribution in [-0.2, 0) is 24.2 Å². The molecule has 1 saturated heterocycles. The van der Waals surface area contributed by atoms with Gasteiger partial charge in [0, 0.05) is 12.0 Å². The topological polar surface area (TPSA) is 150 Å². The van der Waals surface area contributed by atoms with Crippen molar-refractivity contribution in [2.24, 2.45) is 10.9 Å². The predicted molar refractivity (Wildman–Crippen MR) is 113 cm³/mol. The van der Waals surface area contributed by atoms with E-state index >= 15 is 0 Å². The highest BCUT2D eigenvalue weighted by Gasteiger charge is 2.36. The Bertz CT molecular complexity index is 1120. The first-order valence-electron chi connectivity index (χ1n) is 9.57. The summed E-state index contributed by atoms with van der Waals surface area (Å²) in [6.07, 6.45) is 2.96. The number of aromatic nitrogens is 1. The Morgan fingerprint density at radius 1 is 1.23 bits per heavy atom. The molecule has 0 radical (unpaired) electrons. The Hall–Kier alpha value is -2.83. The highest BCUT2D eigenvalue weighted by molar-refractivity contribution is 7.92. The lowest BCUT2D eigenvalue weighted by molar-refractivity contribution is -0.110. The van der Waals surface area contributed by atoms with Crippen LogP contribution in [0.1, 0.15) is 34.5 Å². The van der Waals surface area contributed by atoms with Gasteiger partial charge in [-0.15, -0.1) is 0 Å². The van der Waals surface area contributed by atoms with Crippen LogP contribution in [0.15, 0.2) is 40.5 Å². The van der Waals surface area contributed by atoms with Gasteiger partial charge in [-0.1, -0.05) is 28.6 Å². The molecule has 10 nitrogen and oxygen atoms in total. The molecular formula is C19H20N4O6S2. The van der Waals surface area contributed by atoms with Crippen LogP contribution in [0.2, 0.25) is 0 Å². The molecule has 2 aromatic rings. The van der Waals surface area contributed by atoms with Gasteiger partial charge in [-0.05, 0) is 25.0 Å². The summed E-state index contributed by atoms with van der Waals surface area (Å²) in [5.41, 5.74) is 5.53. The monoisotopic (exact) mass is 464 g/mol. The summed E-state index contributed by atoms with van der Waals surface area (Å²) in [7, 11) is -3.35. The summed E-state index contributed by atoms with van der Waals surface area (Å²) in [4.78, 5) is 33.9. The number of ether oxygens (including phenoxy) is 1. The fourth-order valence-corrected chi connectivity index (χ4v) is 5.24. The van der Waals surface area contributed by atoms with E-state index in [9.17, 15) is 18.0 Å². The molecule has 0 spiro atoms. The van der Waals surface area contributed by atoms with Crippen LogP contribution in [0.5, 0.6) is 0 Å². The molecule has 31 heavy (non-hydrogen) atoms. The first kappa shape index (κ1) is 21.4. The van der Waals surface area contributed by atoms with E-state index in [1.54, 1.807) is 0 Å². The lowest BCUT2D eigenvalue weighted by atomic mass is 10.1. The molecule has 2 fully saturated rings. The summed E-state index contributed by atoms with van der Waals surface area (Å²) >= 11 is 0.929. The third kappa shape index (κ3) is 4.92. The zero-order chi connectivity index (χ0) is 22.0. The van der Waals surface area contributed by atoms with Crippen LogP contribution < -0.4 is 11.1 Å². The van der Waals surface area contributed by atoms with E-state index < -0.39 is 21.7 Å². The molecule has 0 bridgehead atoms. The molecule has 1 aliphatic carbocycles. The molecular weight excluding hydrogens is 444 g/mol. The van der Waals surface area contributed by atoms with Crippen LogP contribution in [0, 0.1) is 0 Å². The molecule has 1 atom stereocenters. The molecule has 4 rings (SSSR count). The van der Waals surface area contributed by atoms with Crippen molar-refractivity contribution in [2.45, 2.75) is 35.5 Å². The fourth-order valence-electron chi connectivity index (χ4n) is 2.92. The van der Waals surface area contributed by atoms with Crippen molar-refractivity contribution in [3.63, 3.8) is 0 Å². The standard InChI is InChI=1S/C19H20N4O6S2/c20-17(24)15-9-21-19(30-15)22-18(25)16(23-29-12-7-8-28-10-12)11-1-3-13(4-2-11)31(26,27)14-5-6-14/h1-4,9,12,14H,5-8,10H2,(H2,20,24)(H,21,22,25)/b23-16+/t12-/m1/s1. The zero-order valence-corrected chi connectivity index (χ0v) is 17.9. The van der Waals surface area contributed by atoms with Crippen LogP contribution in [-0.4, -0.2) is 55.5 Å². The number of rotatable bonds is 8. The molecule has 12 heteroatoms. The van der Waals surface area contributed by atoms with Crippen molar-refractivity contribution in [1.29, 1.82) is 0 Å². The van der Waals surface area contributed by atoms with E-state index in [0.717, 1.165) is 11.3 Å². The highest BCUT2D eigenvalue weighted by Crippen LogP contribution is 2.33.